The fourth-order valence-corrected chi connectivity index (χ4v) is 5.18. The lowest BCUT2D eigenvalue weighted by Gasteiger charge is -2.36. The van der Waals surface area contributed by atoms with Crippen LogP contribution in [0.1, 0.15) is 34.6 Å². The van der Waals surface area contributed by atoms with Gasteiger partial charge in [-0.3, -0.25) is 4.79 Å². The molecule has 0 amide bonds. The minimum atomic E-state index is -3.82. The lowest BCUT2D eigenvalue weighted by molar-refractivity contribution is 0.101. The average molecular weight is 398 g/mol. The Hall–Kier alpha value is -2.77. The zero-order valence-electron chi connectivity index (χ0n) is 15.2. The summed E-state index contributed by atoms with van der Waals surface area (Å²) in [4.78, 5) is 11.6. The number of fused-ring (bicyclic) bond motifs is 1. The van der Waals surface area contributed by atoms with E-state index in [4.69, 9.17) is 0 Å². The molecule has 2 heterocycles. The summed E-state index contributed by atoms with van der Waals surface area (Å²) in [6, 6.07) is 15.1. The Balaban J connectivity index is 1.80. The van der Waals surface area contributed by atoms with Crippen molar-refractivity contribution in [3.63, 3.8) is 0 Å². The van der Waals surface area contributed by atoms with Crippen LogP contribution < -0.4 is 0 Å². The van der Waals surface area contributed by atoms with Crippen LogP contribution >= 0.6 is 0 Å². The summed E-state index contributed by atoms with van der Waals surface area (Å²) in [5, 5.41) is 0. The highest BCUT2D eigenvalue weighted by atomic mass is 32.2. The molecule has 7 heteroatoms. The largest absolute Gasteiger partial charge is 0.348 e. The van der Waals surface area contributed by atoms with Crippen LogP contribution in [0.15, 0.2) is 71.8 Å². The first-order valence-electron chi connectivity index (χ1n) is 8.91. The van der Waals surface area contributed by atoms with E-state index in [1.807, 2.05) is 22.9 Å². The summed E-state index contributed by atoms with van der Waals surface area (Å²) in [5.74, 6) is -0.492. The van der Waals surface area contributed by atoms with E-state index in [1.54, 1.807) is 12.1 Å². The Morgan fingerprint density at radius 3 is 2.32 bits per heavy atom. The number of hydrogen-bond acceptors (Lipinski definition) is 3. The number of benzene rings is 2. The average Bonchev–Trinajstić information content (AvgIpc) is 3.17. The van der Waals surface area contributed by atoms with Gasteiger partial charge in [-0.25, -0.2) is 12.8 Å². The van der Waals surface area contributed by atoms with Gasteiger partial charge >= 0.3 is 0 Å². The lowest BCUT2D eigenvalue weighted by Crippen LogP contribution is -2.42. The molecule has 3 aromatic rings. The number of sulfonamides is 1. The Kier molecular flexibility index (Phi) is 4.64. The Morgan fingerprint density at radius 2 is 1.68 bits per heavy atom. The van der Waals surface area contributed by atoms with Crippen LogP contribution in [0, 0.1) is 5.82 Å². The summed E-state index contributed by atoms with van der Waals surface area (Å²) in [6.45, 7) is 2.26. The van der Waals surface area contributed by atoms with E-state index < -0.39 is 16.1 Å². The van der Waals surface area contributed by atoms with Crippen molar-refractivity contribution in [2.75, 3.05) is 6.54 Å². The van der Waals surface area contributed by atoms with Crippen molar-refractivity contribution in [3.8, 4) is 0 Å². The van der Waals surface area contributed by atoms with Gasteiger partial charge < -0.3 is 4.57 Å². The molecule has 1 aliphatic rings. The van der Waals surface area contributed by atoms with Crippen LogP contribution in [0.4, 0.5) is 4.39 Å². The number of carbonyl (C=O) groups is 1. The second-order valence-corrected chi connectivity index (χ2v) is 8.67. The van der Waals surface area contributed by atoms with Crippen LogP contribution in [0.2, 0.25) is 0 Å². The van der Waals surface area contributed by atoms with Crippen molar-refractivity contribution < 1.29 is 17.6 Å². The van der Waals surface area contributed by atoms with Crippen molar-refractivity contribution in [1.82, 2.24) is 8.87 Å². The number of ketones is 1. The molecule has 1 aromatic heterocycles. The molecule has 1 unspecified atom stereocenters. The van der Waals surface area contributed by atoms with Crippen LogP contribution in [0.25, 0.3) is 0 Å². The third-order valence-electron chi connectivity index (χ3n) is 5.05. The molecule has 1 atom stereocenters. The summed E-state index contributed by atoms with van der Waals surface area (Å²) in [7, 11) is -3.82. The topological polar surface area (TPSA) is 59.4 Å². The van der Waals surface area contributed by atoms with Gasteiger partial charge in [0.1, 0.15) is 5.82 Å². The van der Waals surface area contributed by atoms with E-state index in [1.165, 1.54) is 47.6 Å². The molecule has 0 bridgehead atoms. The van der Waals surface area contributed by atoms with Crippen molar-refractivity contribution in [2.45, 2.75) is 24.4 Å². The van der Waals surface area contributed by atoms with E-state index in [-0.39, 0.29) is 16.5 Å². The second-order valence-electron chi connectivity index (χ2n) is 6.78. The van der Waals surface area contributed by atoms with E-state index in [9.17, 15) is 17.6 Å². The quantitative estimate of drug-likeness (QED) is 0.631. The van der Waals surface area contributed by atoms with Crippen molar-refractivity contribution in [2.24, 2.45) is 0 Å². The zero-order valence-corrected chi connectivity index (χ0v) is 16.1. The first-order chi connectivity index (χ1) is 13.4. The minimum absolute atomic E-state index is 0.121. The number of rotatable bonds is 4. The number of carbonyl (C=O) groups excluding carboxylic acids is 1. The first kappa shape index (κ1) is 18.6. The highest BCUT2D eigenvalue weighted by Crippen LogP contribution is 2.36. The molecule has 0 spiro atoms. The maximum Gasteiger partial charge on any atom is 0.244 e. The minimum Gasteiger partial charge on any atom is -0.348 e. The number of aromatic nitrogens is 1. The van der Waals surface area contributed by atoms with Crippen LogP contribution in [-0.2, 0) is 16.6 Å². The maximum atomic E-state index is 13.4. The predicted octanol–water partition coefficient (Wildman–Crippen LogP) is 3.62. The highest BCUT2D eigenvalue weighted by molar-refractivity contribution is 7.89. The van der Waals surface area contributed by atoms with Gasteiger partial charge in [-0.15, -0.1) is 0 Å². The second kappa shape index (κ2) is 7.00. The van der Waals surface area contributed by atoms with Crippen molar-refractivity contribution in [3.05, 3.63) is 89.5 Å². The first-order valence-corrected chi connectivity index (χ1v) is 10.4. The van der Waals surface area contributed by atoms with Crippen molar-refractivity contribution in [1.29, 1.82) is 0 Å². The summed E-state index contributed by atoms with van der Waals surface area (Å²) in [5.41, 5.74) is 1.99. The molecule has 2 aromatic carbocycles. The fourth-order valence-electron chi connectivity index (χ4n) is 3.60. The van der Waals surface area contributed by atoms with Crippen molar-refractivity contribution >= 4 is 15.8 Å². The van der Waals surface area contributed by atoms with E-state index >= 15 is 0 Å². The number of nitrogens with zero attached hydrogens (tertiary/aromatic N) is 2. The van der Waals surface area contributed by atoms with Gasteiger partial charge in [0.15, 0.2) is 5.78 Å². The fraction of sp³-hybridized carbons (Fsp3) is 0.190. The highest BCUT2D eigenvalue weighted by Gasteiger charge is 2.37. The van der Waals surface area contributed by atoms with Gasteiger partial charge in [0.2, 0.25) is 10.0 Å². The summed E-state index contributed by atoms with van der Waals surface area (Å²) >= 11 is 0. The molecular formula is C21H19FN2O3S. The molecule has 144 valence electrons. The molecule has 4 rings (SSSR count). The van der Waals surface area contributed by atoms with E-state index in [0.29, 0.717) is 24.2 Å². The normalized spacial score (nSPS) is 17.3. The molecular weight excluding hydrogens is 379 g/mol. The molecule has 0 fully saturated rings. The third-order valence-corrected chi connectivity index (χ3v) is 6.93. The van der Waals surface area contributed by atoms with Crippen LogP contribution in [-0.4, -0.2) is 29.6 Å². The predicted molar refractivity (Wildman–Crippen MR) is 103 cm³/mol. The molecule has 5 nitrogen and oxygen atoms in total. The number of Topliss-reactive ketones (excluding diaryl/α,β-unsaturated/α-hetero) is 1. The molecule has 28 heavy (non-hydrogen) atoms. The van der Waals surface area contributed by atoms with Gasteiger partial charge in [0.05, 0.1) is 10.9 Å². The molecule has 0 radical (unpaired) electrons. The van der Waals surface area contributed by atoms with Gasteiger partial charge in [0, 0.05) is 30.5 Å². The lowest BCUT2D eigenvalue weighted by atomic mass is 10.0. The molecule has 0 aliphatic carbocycles. The molecule has 1 aliphatic heterocycles. The Bertz CT molecular complexity index is 1120. The van der Waals surface area contributed by atoms with Gasteiger partial charge in [0.25, 0.3) is 0 Å². The van der Waals surface area contributed by atoms with E-state index in [2.05, 4.69) is 0 Å². The zero-order chi connectivity index (χ0) is 19.9. The third kappa shape index (κ3) is 3.16. The van der Waals surface area contributed by atoms with Gasteiger partial charge in [-0.1, -0.05) is 24.3 Å². The Labute approximate surface area is 163 Å². The maximum absolute atomic E-state index is 13.4. The Morgan fingerprint density at radius 1 is 1.00 bits per heavy atom. The SMILES string of the molecule is CC(=O)c1ccc(S(=O)(=O)N2CCn3cccc3C2c2ccc(F)cc2)cc1. The van der Waals surface area contributed by atoms with E-state index in [0.717, 1.165) is 5.69 Å². The van der Waals surface area contributed by atoms with Crippen LogP contribution in [0.3, 0.4) is 0 Å². The standard InChI is InChI=1S/C21H19FN2O3S/c1-15(25)16-6-10-19(11-7-16)28(26,27)24-14-13-23-12-2-3-20(23)21(24)17-4-8-18(22)9-5-17/h2-12,21H,13-14H2,1H3. The summed E-state index contributed by atoms with van der Waals surface area (Å²) in [6.07, 6.45) is 1.91. The molecule has 0 N–H and O–H groups in total. The smallest absolute Gasteiger partial charge is 0.244 e. The monoisotopic (exact) mass is 398 g/mol. The van der Waals surface area contributed by atoms with Gasteiger partial charge in [-0.2, -0.15) is 4.31 Å². The molecule has 0 saturated heterocycles. The van der Waals surface area contributed by atoms with Gasteiger partial charge in [-0.05, 0) is 48.9 Å². The summed E-state index contributed by atoms with van der Waals surface area (Å²) < 4.78 is 43.7. The number of halogens is 1. The number of hydrogen-bond donors (Lipinski definition) is 0. The molecule has 0 saturated carbocycles. The van der Waals surface area contributed by atoms with Crippen LogP contribution in [0.5, 0.6) is 0 Å².